The number of piperazine rings is 1. The fourth-order valence-corrected chi connectivity index (χ4v) is 2.38. The lowest BCUT2D eigenvalue weighted by atomic mass is 10.2. The van der Waals surface area contributed by atoms with Crippen molar-refractivity contribution in [3.8, 4) is 0 Å². The van der Waals surface area contributed by atoms with Crippen LogP contribution in [0.5, 0.6) is 0 Å². The van der Waals surface area contributed by atoms with Gasteiger partial charge in [0.15, 0.2) is 0 Å². The summed E-state index contributed by atoms with van der Waals surface area (Å²) in [7, 11) is 2.05. The SMILES string of the molecule is C[C@H](NC(=O)c1ccccc1Cl)C(=O)NN1CCN(C)CC1. The van der Waals surface area contributed by atoms with Crippen molar-refractivity contribution in [3.63, 3.8) is 0 Å². The molecule has 1 atom stereocenters. The smallest absolute Gasteiger partial charge is 0.256 e. The molecule has 6 nitrogen and oxygen atoms in total. The fourth-order valence-electron chi connectivity index (χ4n) is 2.16. The molecule has 2 amide bonds. The topological polar surface area (TPSA) is 64.7 Å². The van der Waals surface area contributed by atoms with Crippen molar-refractivity contribution in [2.24, 2.45) is 0 Å². The Bertz CT molecular complexity index is 544. The van der Waals surface area contributed by atoms with E-state index in [0.717, 1.165) is 26.2 Å². The van der Waals surface area contributed by atoms with Gasteiger partial charge in [-0.1, -0.05) is 23.7 Å². The Balaban J connectivity index is 1.86. The van der Waals surface area contributed by atoms with Gasteiger partial charge in [0, 0.05) is 26.2 Å². The van der Waals surface area contributed by atoms with Gasteiger partial charge in [0.2, 0.25) is 0 Å². The average Bonchev–Trinajstić information content (AvgIpc) is 2.49. The van der Waals surface area contributed by atoms with Gasteiger partial charge in [0.05, 0.1) is 10.6 Å². The van der Waals surface area contributed by atoms with Gasteiger partial charge >= 0.3 is 0 Å². The molecule has 22 heavy (non-hydrogen) atoms. The van der Waals surface area contributed by atoms with Crippen LogP contribution in [-0.2, 0) is 4.79 Å². The van der Waals surface area contributed by atoms with Crippen LogP contribution >= 0.6 is 11.6 Å². The molecule has 2 N–H and O–H groups in total. The van der Waals surface area contributed by atoms with Gasteiger partial charge < -0.3 is 10.2 Å². The number of hydrogen-bond acceptors (Lipinski definition) is 4. The van der Waals surface area contributed by atoms with E-state index in [9.17, 15) is 9.59 Å². The zero-order chi connectivity index (χ0) is 16.1. The number of nitrogens with zero attached hydrogens (tertiary/aromatic N) is 2. The highest BCUT2D eigenvalue weighted by Gasteiger charge is 2.21. The maximum atomic E-state index is 12.1. The molecule has 1 aromatic rings. The van der Waals surface area contributed by atoms with Crippen molar-refractivity contribution < 1.29 is 9.59 Å². The summed E-state index contributed by atoms with van der Waals surface area (Å²) in [6.07, 6.45) is 0. The zero-order valence-electron chi connectivity index (χ0n) is 12.8. The quantitative estimate of drug-likeness (QED) is 0.857. The van der Waals surface area contributed by atoms with Crippen LogP contribution in [0.1, 0.15) is 17.3 Å². The summed E-state index contributed by atoms with van der Waals surface area (Å²) in [6, 6.07) is 6.12. The first-order valence-electron chi connectivity index (χ1n) is 7.27. The molecule has 0 unspecified atom stereocenters. The van der Waals surface area contributed by atoms with E-state index in [1.807, 2.05) is 12.1 Å². The van der Waals surface area contributed by atoms with Crippen molar-refractivity contribution in [1.29, 1.82) is 0 Å². The van der Waals surface area contributed by atoms with E-state index >= 15 is 0 Å². The molecule has 1 heterocycles. The number of rotatable bonds is 4. The van der Waals surface area contributed by atoms with Crippen LogP contribution in [0.2, 0.25) is 5.02 Å². The van der Waals surface area contributed by atoms with Crippen LogP contribution in [0.25, 0.3) is 0 Å². The number of carbonyl (C=O) groups is 2. The van der Waals surface area contributed by atoms with E-state index in [1.54, 1.807) is 31.2 Å². The number of hydrogen-bond donors (Lipinski definition) is 2. The van der Waals surface area contributed by atoms with Crippen molar-refractivity contribution in [2.45, 2.75) is 13.0 Å². The molecular formula is C15H21ClN4O2. The molecule has 0 spiro atoms. The number of nitrogens with one attached hydrogen (secondary N) is 2. The molecule has 1 fully saturated rings. The van der Waals surface area contributed by atoms with E-state index < -0.39 is 6.04 Å². The third kappa shape index (κ3) is 4.43. The molecule has 0 aliphatic carbocycles. The van der Waals surface area contributed by atoms with E-state index in [4.69, 9.17) is 11.6 Å². The molecule has 7 heteroatoms. The minimum atomic E-state index is -0.636. The van der Waals surface area contributed by atoms with Gasteiger partial charge in [0.1, 0.15) is 6.04 Å². The van der Waals surface area contributed by atoms with Gasteiger partial charge in [0.25, 0.3) is 11.8 Å². The van der Waals surface area contributed by atoms with Crippen LogP contribution in [-0.4, -0.2) is 61.0 Å². The average molecular weight is 325 g/mol. The summed E-state index contributed by atoms with van der Waals surface area (Å²) in [4.78, 5) is 26.4. The molecular weight excluding hydrogens is 304 g/mol. The molecule has 120 valence electrons. The third-order valence-electron chi connectivity index (χ3n) is 3.63. The second-order valence-corrected chi connectivity index (χ2v) is 5.85. The van der Waals surface area contributed by atoms with E-state index in [-0.39, 0.29) is 11.8 Å². The Morgan fingerprint density at radius 3 is 2.45 bits per heavy atom. The van der Waals surface area contributed by atoms with E-state index in [2.05, 4.69) is 15.6 Å². The maximum Gasteiger partial charge on any atom is 0.256 e. The predicted molar refractivity (Wildman–Crippen MR) is 85.6 cm³/mol. The summed E-state index contributed by atoms with van der Waals surface area (Å²) in [6.45, 7) is 5.00. The molecule has 0 saturated carbocycles. The number of carbonyl (C=O) groups excluding carboxylic acids is 2. The monoisotopic (exact) mass is 324 g/mol. The largest absolute Gasteiger partial charge is 0.340 e. The number of hydrazine groups is 1. The Hall–Kier alpha value is -1.63. The minimum absolute atomic E-state index is 0.232. The van der Waals surface area contributed by atoms with Crippen molar-refractivity contribution in [1.82, 2.24) is 20.7 Å². The molecule has 1 aliphatic rings. The van der Waals surface area contributed by atoms with Gasteiger partial charge in [-0.15, -0.1) is 0 Å². The van der Waals surface area contributed by atoms with Gasteiger partial charge in [-0.2, -0.15) is 0 Å². The van der Waals surface area contributed by atoms with Crippen LogP contribution < -0.4 is 10.7 Å². The molecule has 0 radical (unpaired) electrons. The highest BCUT2D eigenvalue weighted by atomic mass is 35.5. The highest BCUT2D eigenvalue weighted by Crippen LogP contribution is 2.14. The van der Waals surface area contributed by atoms with Crippen molar-refractivity contribution in [2.75, 3.05) is 33.2 Å². The molecule has 0 aromatic heterocycles. The first kappa shape index (κ1) is 16.7. The molecule has 2 rings (SSSR count). The maximum absolute atomic E-state index is 12.1. The number of benzene rings is 1. The van der Waals surface area contributed by atoms with Crippen LogP contribution in [0.3, 0.4) is 0 Å². The Morgan fingerprint density at radius 2 is 1.82 bits per heavy atom. The van der Waals surface area contributed by atoms with Crippen LogP contribution in [0.4, 0.5) is 0 Å². The van der Waals surface area contributed by atoms with Crippen LogP contribution in [0.15, 0.2) is 24.3 Å². The normalized spacial score (nSPS) is 17.8. The summed E-state index contributed by atoms with van der Waals surface area (Å²) in [5.74, 6) is -0.586. The standard InChI is InChI=1S/C15H21ClN4O2/c1-11(14(21)18-20-9-7-19(2)8-10-20)17-15(22)12-5-3-4-6-13(12)16/h3-6,11H,7-10H2,1-2H3,(H,17,22)(H,18,21)/t11-/m0/s1. The summed E-state index contributed by atoms with van der Waals surface area (Å²) in [5.41, 5.74) is 3.19. The van der Waals surface area contributed by atoms with Crippen molar-refractivity contribution in [3.05, 3.63) is 34.9 Å². The number of halogens is 1. The fraction of sp³-hybridized carbons (Fsp3) is 0.467. The third-order valence-corrected chi connectivity index (χ3v) is 3.96. The number of likely N-dealkylation sites (N-methyl/N-ethyl adjacent to an activating group) is 1. The van der Waals surface area contributed by atoms with Crippen LogP contribution in [0, 0.1) is 0 Å². The first-order chi connectivity index (χ1) is 10.5. The lowest BCUT2D eigenvalue weighted by molar-refractivity contribution is -0.128. The summed E-state index contributed by atoms with van der Waals surface area (Å²) < 4.78 is 0. The minimum Gasteiger partial charge on any atom is -0.340 e. The first-order valence-corrected chi connectivity index (χ1v) is 7.64. The van der Waals surface area contributed by atoms with E-state index in [0.29, 0.717) is 10.6 Å². The van der Waals surface area contributed by atoms with E-state index in [1.165, 1.54) is 0 Å². The lowest BCUT2D eigenvalue weighted by Crippen LogP contribution is -2.56. The van der Waals surface area contributed by atoms with Gasteiger partial charge in [-0.3, -0.25) is 15.0 Å². The second kappa shape index (κ2) is 7.58. The molecule has 1 aliphatic heterocycles. The van der Waals surface area contributed by atoms with Gasteiger partial charge in [-0.25, -0.2) is 5.01 Å². The molecule has 1 saturated heterocycles. The zero-order valence-corrected chi connectivity index (χ0v) is 13.6. The lowest BCUT2D eigenvalue weighted by Gasteiger charge is -2.33. The second-order valence-electron chi connectivity index (χ2n) is 5.44. The number of amides is 2. The molecule has 1 aromatic carbocycles. The summed E-state index contributed by atoms with van der Waals surface area (Å²) >= 11 is 5.98. The Labute approximate surface area is 135 Å². The Morgan fingerprint density at radius 1 is 1.18 bits per heavy atom. The summed E-state index contributed by atoms with van der Waals surface area (Å²) in [5, 5.41) is 4.91. The molecule has 0 bridgehead atoms. The van der Waals surface area contributed by atoms with Crippen molar-refractivity contribution >= 4 is 23.4 Å². The Kier molecular flexibility index (Phi) is 5.76. The van der Waals surface area contributed by atoms with Gasteiger partial charge in [-0.05, 0) is 26.1 Å². The highest BCUT2D eigenvalue weighted by molar-refractivity contribution is 6.33. The predicted octanol–water partition coefficient (Wildman–Crippen LogP) is 0.737.